The summed E-state index contributed by atoms with van der Waals surface area (Å²) in [6, 6.07) is 3.83. The quantitative estimate of drug-likeness (QED) is 0.810. The summed E-state index contributed by atoms with van der Waals surface area (Å²) in [5.41, 5.74) is -0.292. The molecule has 2 nitrogen and oxygen atoms in total. The van der Waals surface area contributed by atoms with E-state index in [0.29, 0.717) is 6.42 Å². The zero-order chi connectivity index (χ0) is 10.9. The lowest BCUT2D eigenvalue weighted by atomic mass is 9.68. The summed E-state index contributed by atoms with van der Waals surface area (Å²) >= 11 is 0. The summed E-state index contributed by atoms with van der Waals surface area (Å²) < 4.78 is 5.31. The Morgan fingerprint density at radius 3 is 2.80 bits per heavy atom. The smallest absolute Gasteiger partial charge is 0.106 e. The van der Waals surface area contributed by atoms with E-state index in [4.69, 9.17) is 4.42 Å². The molecule has 0 amide bonds. The molecular formula is C13H20O2. The highest BCUT2D eigenvalue weighted by molar-refractivity contribution is 5.05. The Balaban J connectivity index is 2.06. The van der Waals surface area contributed by atoms with E-state index in [-0.39, 0.29) is 5.41 Å². The zero-order valence-corrected chi connectivity index (χ0v) is 9.62. The summed E-state index contributed by atoms with van der Waals surface area (Å²) in [5.74, 6) is 0.898. The zero-order valence-electron chi connectivity index (χ0n) is 9.62. The first-order valence-electron chi connectivity index (χ1n) is 5.74. The predicted molar refractivity (Wildman–Crippen MR) is 59.6 cm³/mol. The topological polar surface area (TPSA) is 33.4 Å². The van der Waals surface area contributed by atoms with Crippen molar-refractivity contribution in [3.05, 3.63) is 24.2 Å². The van der Waals surface area contributed by atoms with E-state index in [1.807, 2.05) is 12.1 Å². The number of hydrogen-bond donors (Lipinski definition) is 1. The average Bonchev–Trinajstić information content (AvgIpc) is 2.52. The maximum absolute atomic E-state index is 10.5. The minimum Gasteiger partial charge on any atom is -0.469 e. The Bertz CT molecular complexity index is 313. The summed E-state index contributed by atoms with van der Waals surface area (Å²) in [6.45, 7) is 4.47. The van der Waals surface area contributed by atoms with E-state index in [0.717, 1.165) is 25.0 Å². The predicted octanol–water partition coefficient (Wildman–Crippen LogP) is 3.15. The van der Waals surface area contributed by atoms with Gasteiger partial charge in [0.2, 0.25) is 0 Å². The fourth-order valence-corrected chi connectivity index (χ4v) is 2.85. The molecular weight excluding hydrogens is 188 g/mol. The van der Waals surface area contributed by atoms with Crippen molar-refractivity contribution in [2.24, 2.45) is 5.41 Å². The molecule has 1 N–H and O–H groups in total. The highest BCUT2D eigenvalue weighted by atomic mass is 16.3. The van der Waals surface area contributed by atoms with Crippen LogP contribution in [0, 0.1) is 5.41 Å². The Morgan fingerprint density at radius 2 is 2.20 bits per heavy atom. The van der Waals surface area contributed by atoms with Gasteiger partial charge in [0.05, 0.1) is 11.9 Å². The lowest BCUT2D eigenvalue weighted by molar-refractivity contribution is -0.0413. The third-order valence-corrected chi connectivity index (χ3v) is 3.39. The highest BCUT2D eigenvalue weighted by Crippen LogP contribution is 2.42. The fourth-order valence-electron chi connectivity index (χ4n) is 2.85. The second-order valence-corrected chi connectivity index (χ2v) is 5.68. The van der Waals surface area contributed by atoms with Crippen LogP contribution < -0.4 is 0 Å². The number of rotatable bonds is 2. The van der Waals surface area contributed by atoms with Crippen LogP contribution in [-0.4, -0.2) is 10.7 Å². The van der Waals surface area contributed by atoms with Crippen molar-refractivity contribution in [3.8, 4) is 0 Å². The van der Waals surface area contributed by atoms with Gasteiger partial charge in [-0.05, 0) is 36.8 Å². The van der Waals surface area contributed by atoms with Crippen molar-refractivity contribution in [2.45, 2.75) is 51.6 Å². The summed E-state index contributed by atoms with van der Waals surface area (Å²) in [4.78, 5) is 0. The SMILES string of the molecule is CC1(C)CCCC(O)(Cc2ccco2)C1. The van der Waals surface area contributed by atoms with Crippen molar-refractivity contribution in [1.29, 1.82) is 0 Å². The Labute approximate surface area is 91.3 Å². The molecule has 0 bridgehead atoms. The molecule has 0 radical (unpaired) electrons. The second-order valence-electron chi connectivity index (χ2n) is 5.68. The van der Waals surface area contributed by atoms with Gasteiger partial charge in [-0.3, -0.25) is 0 Å². The summed E-state index contributed by atoms with van der Waals surface area (Å²) in [7, 11) is 0. The molecule has 0 spiro atoms. The summed E-state index contributed by atoms with van der Waals surface area (Å²) in [5, 5.41) is 10.5. The minimum atomic E-state index is -0.556. The minimum absolute atomic E-state index is 0.263. The van der Waals surface area contributed by atoms with E-state index in [9.17, 15) is 5.11 Å². The standard InChI is InChI=1S/C13H20O2/c1-12(2)6-4-7-13(14,10-12)9-11-5-3-8-15-11/h3,5,8,14H,4,6-7,9-10H2,1-2H3. The van der Waals surface area contributed by atoms with E-state index in [1.54, 1.807) is 6.26 Å². The summed E-state index contributed by atoms with van der Waals surface area (Å²) in [6.07, 6.45) is 6.44. The van der Waals surface area contributed by atoms with Crippen LogP contribution in [0.5, 0.6) is 0 Å². The number of hydrogen-bond acceptors (Lipinski definition) is 2. The van der Waals surface area contributed by atoms with Gasteiger partial charge in [-0.1, -0.05) is 20.3 Å². The van der Waals surface area contributed by atoms with Crippen molar-refractivity contribution < 1.29 is 9.52 Å². The third kappa shape index (κ3) is 2.63. The molecule has 1 saturated carbocycles. The van der Waals surface area contributed by atoms with E-state index < -0.39 is 5.60 Å². The maximum atomic E-state index is 10.5. The first-order valence-corrected chi connectivity index (χ1v) is 5.74. The van der Waals surface area contributed by atoms with Gasteiger partial charge in [0.25, 0.3) is 0 Å². The molecule has 1 atom stereocenters. The lowest BCUT2D eigenvalue weighted by Gasteiger charge is -2.41. The van der Waals surface area contributed by atoms with Gasteiger partial charge in [0.1, 0.15) is 5.76 Å². The molecule has 1 aliphatic rings. The molecule has 1 aromatic rings. The molecule has 1 heterocycles. The molecule has 0 aromatic carbocycles. The molecule has 1 aromatic heterocycles. The van der Waals surface area contributed by atoms with Gasteiger partial charge in [0.15, 0.2) is 0 Å². The number of aliphatic hydroxyl groups is 1. The van der Waals surface area contributed by atoms with Crippen molar-refractivity contribution in [3.63, 3.8) is 0 Å². The average molecular weight is 208 g/mol. The molecule has 0 saturated heterocycles. The van der Waals surface area contributed by atoms with Crippen LogP contribution in [0.4, 0.5) is 0 Å². The Kier molecular flexibility index (Phi) is 2.63. The Hall–Kier alpha value is -0.760. The van der Waals surface area contributed by atoms with Crippen molar-refractivity contribution >= 4 is 0 Å². The second kappa shape index (κ2) is 3.67. The van der Waals surface area contributed by atoms with Crippen LogP contribution in [0.15, 0.2) is 22.8 Å². The fraction of sp³-hybridized carbons (Fsp3) is 0.692. The van der Waals surface area contributed by atoms with Gasteiger partial charge in [-0.25, -0.2) is 0 Å². The van der Waals surface area contributed by atoms with Crippen LogP contribution in [-0.2, 0) is 6.42 Å². The lowest BCUT2D eigenvalue weighted by Crippen LogP contribution is -2.40. The molecule has 0 aliphatic heterocycles. The third-order valence-electron chi connectivity index (χ3n) is 3.39. The molecule has 2 rings (SSSR count). The molecule has 1 unspecified atom stereocenters. The Morgan fingerprint density at radius 1 is 1.40 bits per heavy atom. The molecule has 1 aliphatic carbocycles. The molecule has 84 valence electrons. The van der Waals surface area contributed by atoms with Gasteiger partial charge in [0, 0.05) is 6.42 Å². The van der Waals surface area contributed by atoms with Crippen LogP contribution in [0.3, 0.4) is 0 Å². The van der Waals surface area contributed by atoms with Crippen LogP contribution >= 0.6 is 0 Å². The van der Waals surface area contributed by atoms with E-state index in [1.165, 1.54) is 6.42 Å². The number of furan rings is 1. The maximum Gasteiger partial charge on any atom is 0.106 e. The molecule has 2 heteroatoms. The van der Waals surface area contributed by atoms with Crippen molar-refractivity contribution in [2.75, 3.05) is 0 Å². The molecule has 1 fully saturated rings. The first kappa shape index (κ1) is 10.7. The first-order chi connectivity index (χ1) is 6.99. The monoisotopic (exact) mass is 208 g/mol. The van der Waals surface area contributed by atoms with Crippen molar-refractivity contribution in [1.82, 2.24) is 0 Å². The van der Waals surface area contributed by atoms with Gasteiger partial charge >= 0.3 is 0 Å². The van der Waals surface area contributed by atoms with E-state index in [2.05, 4.69) is 13.8 Å². The van der Waals surface area contributed by atoms with Gasteiger partial charge in [-0.15, -0.1) is 0 Å². The van der Waals surface area contributed by atoms with Gasteiger partial charge < -0.3 is 9.52 Å². The largest absolute Gasteiger partial charge is 0.469 e. The van der Waals surface area contributed by atoms with Crippen LogP contribution in [0.1, 0.15) is 45.3 Å². The normalized spacial score (nSPS) is 30.3. The van der Waals surface area contributed by atoms with Crippen LogP contribution in [0.25, 0.3) is 0 Å². The molecule has 15 heavy (non-hydrogen) atoms. The van der Waals surface area contributed by atoms with Crippen LogP contribution in [0.2, 0.25) is 0 Å². The highest BCUT2D eigenvalue weighted by Gasteiger charge is 2.38. The van der Waals surface area contributed by atoms with E-state index >= 15 is 0 Å². The van der Waals surface area contributed by atoms with Gasteiger partial charge in [-0.2, -0.15) is 0 Å².